The fourth-order valence-corrected chi connectivity index (χ4v) is 3.87. The van der Waals surface area contributed by atoms with Crippen molar-refractivity contribution < 1.29 is 19.8 Å². The van der Waals surface area contributed by atoms with Crippen LogP contribution in [0.15, 0.2) is 14.9 Å². The third-order valence-corrected chi connectivity index (χ3v) is 4.65. The number of carbonyl (C=O) groups is 2. The third-order valence-electron chi connectivity index (χ3n) is 1.62. The van der Waals surface area contributed by atoms with E-state index in [-0.39, 0.29) is 11.3 Å². The molecule has 2 aromatic heterocycles. The Morgan fingerprint density at radius 2 is 2.00 bits per heavy atom. The highest BCUT2D eigenvalue weighted by atomic mass is 32.2. The number of rotatable bonds is 5. The van der Waals surface area contributed by atoms with Gasteiger partial charge in [0.25, 0.3) is 0 Å². The molecule has 0 fully saturated rings. The van der Waals surface area contributed by atoms with Gasteiger partial charge in [-0.25, -0.2) is 9.78 Å². The molecule has 0 saturated carbocycles. The first-order chi connectivity index (χ1) is 8.54. The Bertz CT molecular complexity index is 594. The number of hydrogen-bond donors (Lipinski definition) is 2. The smallest absolute Gasteiger partial charge is 0.347 e. The van der Waals surface area contributed by atoms with E-state index in [1.54, 1.807) is 0 Å². The lowest BCUT2D eigenvalue weighted by molar-refractivity contribution is -0.136. The summed E-state index contributed by atoms with van der Waals surface area (Å²) in [5.41, 5.74) is 0. The van der Waals surface area contributed by atoms with E-state index < -0.39 is 11.9 Å². The van der Waals surface area contributed by atoms with Crippen LogP contribution in [0.4, 0.5) is 0 Å². The van der Waals surface area contributed by atoms with Crippen molar-refractivity contribution >= 4 is 46.4 Å². The Kier molecular flexibility index (Phi) is 3.89. The Balaban J connectivity index is 2.06. The number of aromatic carboxylic acids is 1. The lowest BCUT2D eigenvalue weighted by Crippen LogP contribution is -1.98. The summed E-state index contributed by atoms with van der Waals surface area (Å²) in [6.45, 7) is 0. The van der Waals surface area contributed by atoms with Crippen LogP contribution in [0.1, 0.15) is 14.7 Å². The van der Waals surface area contributed by atoms with Crippen LogP contribution < -0.4 is 0 Å². The van der Waals surface area contributed by atoms with Crippen molar-refractivity contribution in [3.63, 3.8) is 0 Å². The maximum Gasteiger partial charge on any atom is 0.347 e. The van der Waals surface area contributed by atoms with Gasteiger partial charge < -0.3 is 10.2 Å². The van der Waals surface area contributed by atoms with Crippen molar-refractivity contribution in [2.45, 2.75) is 15.1 Å². The standard InChI is InChI=1S/C8H5N3O4S3/c12-5(13)1-4-10-11-8(17-4)18-7-9-2-3(16-7)6(14)15/h2H,1H2,(H,12,13)(H,14,15). The topological polar surface area (TPSA) is 113 Å². The van der Waals surface area contributed by atoms with Crippen LogP contribution in [-0.2, 0) is 11.2 Å². The fraction of sp³-hybridized carbons (Fsp3) is 0.125. The molecular weight excluding hydrogens is 298 g/mol. The van der Waals surface area contributed by atoms with Gasteiger partial charge in [-0.15, -0.1) is 21.5 Å². The van der Waals surface area contributed by atoms with Crippen molar-refractivity contribution in [1.29, 1.82) is 0 Å². The molecule has 2 rings (SSSR count). The van der Waals surface area contributed by atoms with Gasteiger partial charge in [0.1, 0.15) is 9.88 Å². The van der Waals surface area contributed by atoms with Gasteiger partial charge >= 0.3 is 11.9 Å². The molecule has 0 saturated heterocycles. The average Bonchev–Trinajstić information content (AvgIpc) is 2.88. The maximum atomic E-state index is 10.7. The van der Waals surface area contributed by atoms with Crippen LogP contribution in [0.2, 0.25) is 0 Å². The second-order valence-electron chi connectivity index (χ2n) is 2.93. The van der Waals surface area contributed by atoms with Crippen molar-refractivity contribution in [2.24, 2.45) is 0 Å². The molecule has 2 N–H and O–H groups in total. The first-order valence-corrected chi connectivity index (χ1v) is 6.90. The zero-order valence-electron chi connectivity index (χ0n) is 8.56. The molecule has 94 valence electrons. The van der Waals surface area contributed by atoms with E-state index in [0.29, 0.717) is 13.7 Å². The first-order valence-electron chi connectivity index (χ1n) is 4.46. The molecule has 10 heteroatoms. The molecule has 0 spiro atoms. The first kappa shape index (κ1) is 12.9. The molecule has 7 nitrogen and oxygen atoms in total. The number of carboxylic acids is 2. The molecule has 2 heterocycles. The number of hydrogen-bond acceptors (Lipinski definition) is 8. The van der Waals surface area contributed by atoms with E-state index in [0.717, 1.165) is 22.7 Å². The van der Waals surface area contributed by atoms with Crippen molar-refractivity contribution in [2.75, 3.05) is 0 Å². The van der Waals surface area contributed by atoms with E-state index in [4.69, 9.17) is 10.2 Å². The molecule has 18 heavy (non-hydrogen) atoms. The van der Waals surface area contributed by atoms with Crippen molar-refractivity contribution in [1.82, 2.24) is 15.2 Å². The van der Waals surface area contributed by atoms with Gasteiger partial charge in [-0.2, -0.15) is 0 Å². The highest BCUT2D eigenvalue weighted by molar-refractivity contribution is 8.02. The highest BCUT2D eigenvalue weighted by Gasteiger charge is 2.13. The molecule has 0 bridgehead atoms. The minimum absolute atomic E-state index is 0.146. The third kappa shape index (κ3) is 3.24. The van der Waals surface area contributed by atoms with Crippen LogP contribution in [0.5, 0.6) is 0 Å². The summed E-state index contributed by atoms with van der Waals surface area (Å²) in [4.78, 5) is 25.2. The summed E-state index contributed by atoms with van der Waals surface area (Å²) in [5, 5.41) is 25.3. The Morgan fingerprint density at radius 1 is 1.22 bits per heavy atom. The van der Waals surface area contributed by atoms with Gasteiger partial charge in [-0.05, 0) is 11.8 Å². The lowest BCUT2D eigenvalue weighted by atomic mass is 10.5. The summed E-state index contributed by atoms with van der Waals surface area (Å²) in [7, 11) is 0. The molecule has 0 unspecified atom stereocenters. The highest BCUT2D eigenvalue weighted by Crippen LogP contribution is 2.33. The van der Waals surface area contributed by atoms with Gasteiger partial charge in [-0.1, -0.05) is 11.3 Å². The second-order valence-corrected chi connectivity index (χ2v) is 6.52. The van der Waals surface area contributed by atoms with Crippen LogP contribution in [0.25, 0.3) is 0 Å². The summed E-state index contributed by atoms with van der Waals surface area (Å²) >= 11 is 3.36. The van der Waals surface area contributed by atoms with Crippen LogP contribution in [-0.4, -0.2) is 37.3 Å². The molecule has 0 atom stereocenters. The normalized spacial score (nSPS) is 10.4. The molecule has 0 aromatic carbocycles. The van der Waals surface area contributed by atoms with E-state index >= 15 is 0 Å². The largest absolute Gasteiger partial charge is 0.481 e. The number of aliphatic carboxylic acids is 1. The van der Waals surface area contributed by atoms with Gasteiger partial charge in [0, 0.05) is 0 Å². The number of carboxylic acid groups (broad SMARTS) is 2. The predicted octanol–water partition coefficient (Wildman–Crippen LogP) is 1.47. The Morgan fingerprint density at radius 3 is 2.61 bits per heavy atom. The number of thiazole rings is 1. The minimum Gasteiger partial charge on any atom is -0.481 e. The fourth-order valence-electron chi connectivity index (χ4n) is 0.959. The molecular formula is C8H5N3O4S3. The average molecular weight is 303 g/mol. The quantitative estimate of drug-likeness (QED) is 0.853. The zero-order valence-corrected chi connectivity index (χ0v) is 11.0. The summed E-state index contributed by atoms with van der Waals surface area (Å²) in [6.07, 6.45) is 1.10. The van der Waals surface area contributed by atoms with E-state index in [9.17, 15) is 9.59 Å². The van der Waals surface area contributed by atoms with Gasteiger partial charge in [0.05, 0.1) is 12.6 Å². The van der Waals surface area contributed by atoms with E-state index in [2.05, 4.69) is 15.2 Å². The summed E-state index contributed by atoms with van der Waals surface area (Å²) < 4.78 is 1.07. The van der Waals surface area contributed by atoms with E-state index in [1.165, 1.54) is 18.0 Å². The molecule has 0 aliphatic heterocycles. The van der Waals surface area contributed by atoms with Gasteiger partial charge in [0.15, 0.2) is 8.68 Å². The number of aromatic nitrogens is 3. The van der Waals surface area contributed by atoms with Crippen LogP contribution in [0, 0.1) is 0 Å². The summed E-state index contributed by atoms with van der Waals surface area (Å²) in [6, 6.07) is 0. The predicted molar refractivity (Wildman–Crippen MR) is 64.4 cm³/mol. The van der Waals surface area contributed by atoms with Gasteiger partial charge in [0.2, 0.25) is 0 Å². The van der Waals surface area contributed by atoms with Gasteiger partial charge in [-0.3, -0.25) is 4.79 Å². The zero-order chi connectivity index (χ0) is 13.1. The lowest BCUT2D eigenvalue weighted by Gasteiger charge is -1.87. The summed E-state index contributed by atoms with van der Waals surface area (Å²) in [5.74, 6) is -1.99. The van der Waals surface area contributed by atoms with Crippen molar-refractivity contribution in [3.8, 4) is 0 Å². The van der Waals surface area contributed by atoms with Crippen LogP contribution >= 0.6 is 34.4 Å². The van der Waals surface area contributed by atoms with Crippen molar-refractivity contribution in [3.05, 3.63) is 16.1 Å². The number of nitrogens with zero attached hydrogens (tertiary/aromatic N) is 3. The molecule has 0 aliphatic rings. The SMILES string of the molecule is O=C(O)Cc1nnc(Sc2ncc(C(=O)O)s2)s1. The second kappa shape index (κ2) is 5.42. The maximum absolute atomic E-state index is 10.7. The molecule has 0 amide bonds. The molecule has 2 aromatic rings. The van der Waals surface area contributed by atoms with E-state index in [1.807, 2.05) is 0 Å². The Hall–Kier alpha value is -1.52. The Labute approximate surface area is 113 Å². The minimum atomic E-state index is -1.02. The monoisotopic (exact) mass is 303 g/mol. The molecule has 0 radical (unpaired) electrons. The van der Waals surface area contributed by atoms with Crippen LogP contribution in [0.3, 0.4) is 0 Å². The molecule has 0 aliphatic carbocycles.